The maximum Gasteiger partial charge on any atom is 0.416 e. The molecule has 1 spiro atoms. The molecule has 2 aliphatic rings. The van der Waals surface area contributed by atoms with Gasteiger partial charge >= 0.3 is 6.18 Å². The summed E-state index contributed by atoms with van der Waals surface area (Å²) < 4.78 is 54.7. The quantitative estimate of drug-likeness (QED) is 0.274. The Balaban J connectivity index is 1.45. The summed E-state index contributed by atoms with van der Waals surface area (Å²) in [4.78, 5) is 21.6. The Morgan fingerprint density at radius 3 is 2.25 bits per heavy atom. The second-order valence-electron chi connectivity index (χ2n) is 11.2. The van der Waals surface area contributed by atoms with E-state index >= 15 is 4.39 Å². The lowest BCUT2D eigenvalue weighted by molar-refractivity contribution is -0.137. The number of aromatic amines is 1. The Morgan fingerprint density at radius 1 is 0.925 bits per heavy atom. The van der Waals surface area contributed by atoms with E-state index in [1.807, 2.05) is 36.4 Å². The molecule has 1 amide bonds. The van der Waals surface area contributed by atoms with Gasteiger partial charge in [-0.05, 0) is 81.6 Å². The molecule has 8 heteroatoms. The Bertz CT molecular complexity index is 1570. The summed E-state index contributed by atoms with van der Waals surface area (Å²) in [5.41, 5.74) is 1.87. The van der Waals surface area contributed by atoms with E-state index in [0.717, 1.165) is 47.1 Å². The Hall–Kier alpha value is -3.65. The predicted molar refractivity (Wildman–Crippen MR) is 146 cm³/mol. The molecule has 6 rings (SSSR count). The minimum atomic E-state index is -4.69. The molecule has 1 aromatic heterocycles. The first-order valence-electron chi connectivity index (χ1n) is 13.6. The molecule has 4 aromatic rings. The topological polar surface area (TPSA) is 39.3 Å². The van der Waals surface area contributed by atoms with Gasteiger partial charge in [0.05, 0.1) is 16.7 Å². The summed E-state index contributed by atoms with van der Waals surface area (Å²) in [6.45, 7) is 0.356. The molecule has 1 aliphatic heterocycles. The van der Waals surface area contributed by atoms with Gasteiger partial charge in [-0.25, -0.2) is 4.39 Å². The van der Waals surface area contributed by atoms with Crippen molar-refractivity contribution in [2.24, 2.45) is 0 Å². The number of fused-ring (bicyclic) bond motifs is 4. The second kappa shape index (κ2) is 9.47. The molecule has 4 nitrogen and oxygen atoms in total. The lowest BCUT2D eigenvalue weighted by Gasteiger charge is -2.55. The van der Waals surface area contributed by atoms with Gasteiger partial charge in [0.25, 0.3) is 5.91 Å². The summed E-state index contributed by atoms with van der Waals surface area (Å²) in [5, 5.41) is 1.11. The van der Waals surface area contributed by atoms with Gasteiger partial charge in [0.15, 0.2) is 0 Å². The van der Waals surface area contributed by atoms with E-state index in [2.05, 4.69) is 42.2 Å². The molecule has 1 saturated carbocycles. The van der Waals surface area contributed by atoms with Gasteiger partial charge in [0.2, 0.25) is 0 Å². The highest BCUT2D eigenvalue weighted by Crippen LogP contribution is 2.54. The van der Waals surface area contributed by atoms with E-state index in [1.165, 1.54) is 5.56 Å². The van der Waals surface area contributed by atoms with Crippen molar-refractivity contribution in [2.75, 3.05) is 20.6 Å². The maximum atomic E-state index is 15.1. The minimum Gasteiger partial charge on any atom is -0.356 e. The summed E-state index contributed by atoms with van der Waals surface area (Å²) in [6, 6.07) is 20.6. The molecule has 0 saturated heterocycles. The van der Waals surface area contributed by atoms with Crippen molar-refractivity contribution in [3.63, 3.8) is 0 Å². The Labute approximate surface area is 230 Å². The monoisotopic (exact) mass is 549 g/mol. The van der Waals surface area contributed by atoms with Crippen LogP contribution in [0.4, 0.5) is 17.6 Å². The number of amides is 1. The zero-order valence-corrected chi connectivity index (χ0v) is 22.5. The number of aromatic nitrogens is 1. The fraction of sp³-hybridized carbons (Fsp3) is 0.344. The summed E-state index contributed by atoms with van der Waals surface area (Å²) >= 11 is 0. The van der Waals surface area contributed by atoms with Crippen molar-refractivity contribution in [3.8, 4) is 0 Å². The number of halogens is 4. The van der Waals surface area contributed by atoms with Crippen molar-refractivity contribution < 1.29 is 22.4 Å². The third-order valence-corrected chi connectivity index (χ3v) is 9.22. The molecule has 0 atom stereocenters. The van der Waals surface area contributed by atoms with Crippen molar-refractivity contribution in [3.05, 3.63) is 107 Å². The molecule has 0 radical (unpaired) electrons. The van der Waals surface area contributed by atoms with Crippen LogP contribution in [-0.4, -0.2) is 41.3 Å². The first-order chi connectivity index (χ1) is 19.1. The van der Waals surface area contributed by atoms with Crippen molar-refractivity contribution in [2.45, 2.75) is 49.4 Å². The van der Waals surface area contributed by atoms with Crippen LogP contribution in [0.1, 0.15) is 58.4 Å². The van der Waals surface area contributed by atoms with Crippen LogP contribution in [0.25, 0.3) is 10.9 Å². The van der Waals surface area contributed by atoms with Gasteiger partial charge in [0.1, 0.15) is 5.82 Å². The first kappa shape index (κ1) is 26.6. The molecule has 1 aliphatic carbocycles. The number of H-pyrrole nitrogens is 1. The number of rotatable bonds is 3. The number of benzene rings is 3. The third kappa shape index (κ3) is 4.03. The van der Waals surface area contributed by atoms with E-state index < -0.39 is 29.0 Å². The van der Waals surface area contributed by atoms with Gasteiger partial charge in [-0.15, -0.1) is 0 Å². The highest BCUT2D eigenvalue weighted by molar-refractivity contribution is 5.96. The van der Waals surface area contributed by atoms with E-state index in [1.54, 1.807) is 4.90 Å². The molecule has 1 fully saturated rings. The van der Waals surface area contributed by atoms with Gasteiger partial charge < -0.3 is 9.88 Å². The number of nitrogens with zero attached hydrogens (tertiary/aromatic N) is 2. The normalized spacial score (nSPS) is 23.1. The van der Waals surface area contributed by atoms with Crippen LogP contribution in [0.5, 0.6) is 0 Å². The second-order valence-corrected chi connectivity index (χ2v) is 11.2. The number of carbonyl (C=O) groups is 1. The molecule has 208 valence electrons. The minimum absolute atomic E-state index is 0.246. The van der Waals surface area contributed by atoms with E-state index in [4.69, 9.17) is 0 Å². The highest BCUT2D eigenvalue weighted by Gasteiger charge is 2.53. The molecule has 0 bridgehead atoms. The predicted octanol–water partition coefficient (Wildman–Crippen LogP) is 7.25. The molecule has 1 N–H and O–H groups in total. The van der Waals surface area contributed by atoms with Crippen LogP contribution in [0, 0.1) is 5.82 Å². The molecule has 2 heterocycles. The van der Waals surface area contributed by atoms with Crippen molar-refractivity contribution >= 4 is 16.8 Å². The van der Waals surface area contributed by atoms with Gasteiger partial charge in [-0.1, -0.05) is 48.5 Å². The lowest BCUT2D eigenvalue weighted by Crippen LogP contribution is -2.58. The van der Waals surface area contributed by atoms with E-state index in [-0.39, 0.29) is 11.1 Å². The van der Waals surface area contributed by atoms with Gasteiger partial charge in [-0.2, -0.15) is 13.2 Å². The van der Waals surface area contributed by atoms with Crippen LogP contribution in [0.3, 0.4) is 0 Å². The number of alkyl halides is 3. The van der Waals surface area contributed by atoms with Gasteiger partial charge in [-0.3, -0.25) is 9.69 Å². The van der Waals surface area contributed by atoms with Crippen LogP contribution in [0.15, 0.2) is 72.8 Å². The number of nitrogens with one attached hydrogen (secondary N) is 1. The number of hydrogen-bond acceptors (Lipinski definition) is 2. The average molecular weight is 550 g/mol. The average Bonchev–Trinajstić information content (AvgIpc) is 3.33. The third-order valence-electron chi connectivity index (χ3n) is 9.22. The smallest absolute Gasteiger partial charge is 0.356 e. The molecule has 3 aromatic carbocycles. The number of para-hydroxylation sites is 1. The van der Waals surface area contributed by atoms with E-state index in [9.17, 15) is 18.0 Å². The zero-order valence-electron chi connectivity index (χ0n) is 22.5. The molecule has 0 unspecified atom stereocenters. The van der Waals surface area contributed by atoms with Crippen LogP contribution >= 0.6 is 0 Å². The van der Waals surface area contributed by atoms with Crippen LogP contribution < -0.4 is 0 Å². The SMILES string of the molecule is CN(C)C1(c2ccccc2)CCC2(CC1)c1[nH]c3ccccc3c1CCN2C(=O)c1ccc(C(F)(F)F)cc1F. The fourth-order valence-corrected chi connectivity index (χ4v) is 7.08. The Kier molecular flexibility index (Phi) is 6.29. The fourth-order valence-electron chi connectivity index (χ4n) is 7.08. The molecular weight excluding hydrogens is 518 g/mol. The summed E-state index contributed by atoms with van der Waals surface area (Å²) in [6.07, 6.45) is -1.38. The van der Waals surface area contributed by atoms with Gasteiger partial charge in [0, 0.05) is 28.7 Å². The standard InChI is InChI=1S/C32H31F4N3O/c1-38(2)30(21-8-4-3-5-9-21)15-17-31(18-16-30)28-24(23-10-6-7-11-27(23)37-28)14-19-39(31)29(40)25-13-12-22(20-26(25)33)32(34,35)36/h3-13,20,37H,14-19H2,1-2H3. The van der Waals surface area contributed by atoms with Crippen molar-refractivity contribution in [1.82, 2.24) is 14.8 Å². The maximum absolute atomic E-state index is 15.1. The summed E-state index contributed by atoms with van der Waals surface area (Å²) in [5.74, 6) is -1.73. The zero-order chi connectivity index (χ0) is 28.3. The number of hydrogen-bond donors (Lipinski definition) is 1. The highest BCUT2D eigenvalue weighted by atomic mass is 19.4. The molecular formula is C32H31F4N3O. The molecule has 40 heavy (non-hydrogen) atoms. The van der Waals surface area contributed by atoms with E-state index in [0.29, 0.717) is 31.9 Å². The van der Waals surface area contributed by atoms with Crippen molar-refractivity contribution in [1.29, 1.82) is 0 Å². The van der Waals surface area contributed by atoms with Crippen LogP contribution in [-0.2, 0) is 23.7 Å². The lowest BCUT2D eigenvalue weighted by atomic mass is 9.65. The first-order valence-corrected chi connectivity index (χ1v) is 13.6. The number of carbonyl (C=O) groups excluding carboxylic acids is 1. The van der Waals surface area contributed by atoms with Crippen LogP contribution in [0.2, 0.25) is 0 Å². The largest absolute Gasteiger partial charge is 0.416 e. The summed E-state index contributed by atoms with van der Waals surface area (Å²) in [7, 11) is 4.14. The Morgan fingerprint density at radius 2 is 1.60 bits per heavy atom.